The highest BCUT2D eigenvalue weighted by atomic mass is 32.1. The molecule has 2 aromatic heterocycles. The molecule has 0 unspecified atom stereocenters. The third kappa shape index (κ3) is 2.90. The number of aromatic nitrogens is 2. The second-order valence-corrected chi connectivity index (χ2v) is 6.43. The molecule has 0 aliphatic heterocycles. The summed E-state index contributed by atoms with van der Waals surface area (Å²) in [5, 5.41) is 5.64. The van der Waals surface area contributed by atoms with Gasteiger partial charge in [0.1, 0.15) is 0 Å². The van der Waals surface area contributed by atoms with Crippen LogP contribution in [-0.4, -0.2) is 28.6 Å². The van der Waals surface area contributed by atoms with Crippen LogP contribution in [0, 0.1) is 13.8 Å². The van der Waals surface area contributed by atoms with Crippen LogP contribution in [0.4, 0.5) is 0 Å². The second kappa shape index (κ2) is 6.24. The first kappa shape index (κ1) is 14.0. The summed E-state index contributed by atoms with van der Waals surface area (Å²) in [4.78, 5) is 5.70. The molecule has 0 spiro atoms. The van der Waals surface area contributed by atoms with Crippen LogP contribution in [0.3, 0.4) is 0 Å². The summed E-state index contributed by atoms with van der Waals surface area (Å²) >= 11 is 1.71. The predicted molar refractivity (Wildman–Crippen MR) is 82.5 cm³/mol. The molecule has 0 amide bonds. The van der Waals surface area contributed by atoms with Crippen LogP contribution in [0.25, 0.3) is 4.96 Å². The Bertz CT molecular complexity index is 569. The Morgan fingerprint density at radius 3 is 3.00 bits per heavy atom. The average molecular weight is 293 g/mol. The third-order valence-corrected chi connectivity index (χ3v) is 5.00. The van der Waals surface area contributed by atoms with Crippen molar-refractivity contribution in [3.05, 3.63) is 22.5 Å². The number of imidazole rings is 1. The second-order valence-electron chi connectivity index (χ2n) is 5.59. The maximum absolute atomic E-state index is 5.87. The van der Waals surface area contributed by atoms with Crippen LogP contribution in [0.15, 0.2) is 5.38 Å². The van der Waals surface area contributed by atoms with Gasteiger partial charge in [-0.25, -0.2) is 4.98 Å². The van der Waals surface area contributed by atoms with Gasteiger partial charge in [0.2, 0.25) is 0 Å². The lowest BCUT2D eigenvalue weighted by atomic mass is 10.3. The number of hydrogen-bond acceptors (Lipinski definition) is 4. The molecular formula is C15H23N3OS. The Hall–Kier alpha value is -0.910. The summed E-state index contributed by atoms with van der Waals surface area (Å²) in [6.45, 7) is 6.81. The van der Waals surface area contributed by atoms with Gasteiger partial charge in [-0.15, -0.1) is 11.3 Å². The molecule has 0 bridgehead atoms. The largest absolute Gasteiger partial charge is 0.377 e. The van der Waals surface area contributed by atoms with Gasteiger partial charge in [0.05, 0.1) is 24.1 Å². The Morgan fingerprint density at radius 1 is 1.40 bits per heavy atom. The fraction of sp³-hybridized carbons (Fsp3) is 0.667. The lowest BCUT2D eigenvalue weighted by molar-refractivity contribution is 0.0602. The van der Waals surface area contributed by atoms with Gasteiger partial charge in [-0.2, -0.15) is 0 Å². The molecule has 2 heterocycles. The monoisotopic (exact) mass is 293 g/mol. The highest BCUT2D eigenvalue weighted by Crippen LogP contribution is 2.21. The number of nitrogens with zero attached hydrogens (tertiary/aromatic N) is 2. The van der Waals surface area contributed by atoms with Gasteiger partial charge < -0.3 is 10.1 Å². The topological polar surface area (TPSA) is 38.6 Å². The zero-order valence-corrected chi connectivity index (χ0v) is 13.1. The molecule has 3 rings (SSSR count). The summed E-state index contributed by atoms with van der Waals surface area (Å²) in [6.07, 6.45) is 5.68. The van der Waals surface area contributed by atoms with Gasteiger partial charge in [-0.05, 0) is 26.7 Å². The van der Waals surface area contributed by atoms with E-state index in [4.69, 9.17) is 4.74 Å². The van der Waals surface area contributed by atoms with Crippen LogP contribution in [0.2, 0.25) is 0 Å². The Balaban J connectivity index is 1.49. The smallest absolute Gasteiger partial charge is 0.194 e. The SMILES string of the molecule is Cc1nc2scc(C)n2c1CNCCOC1CCCC1. The standard InChI is InChI=1S/C15H23N3OS/c1-11-10-20-15-17-12(2)14(18(11)15)9-16-7-8-19-13-5-3-4-6-13/h10,13,16H,3-9H2,1-2H3. The van der Waals surface area contributed by atoms with Crippen LogP contribution >= 0.6 is 11.3 Å². The number of rotatable bonds is 6. The quantitative estimate of drug-likeness (QED) is 0.832. The Kier molecular flexibility index (Phi) is 4.38. The molecule has 1 saturated carbocycles. The van der Waals surface area contributed by atoms with E-state index in [2.05, 4.69) is 33.9 Å². The van der Waals surface area contributed by atoms with Crippen molar-refractivity contribution in [3.8, 4) is 0 Å². The predicted octanol–water partition coefficient (Wildman–Crippen LogP) is 3.06. The van der Waals surface area contributed by atoms with Gasteiger partial charge >= 0.3 is 0 Å². The third-order valence-electron chi connectivity index (χ3n) is 4.06. The van der Waals surface area contributed by atoms with Crippen LogP contribution in [0.5, 0.6) is 0 Å². The molecule has 0 saturated heterocycles. The Morgan fingerprint density at radius 2 is 2.20 bits per heavy atom. The molecule has 110 valence electrons. The first-order valence-electron chi connectivity index (χ1n) is 7.50. The van der Waals surface area contributed by atoms with Crippen molar-refractivity contribution >= 4 is 16.3 Å². The minimum Gasteiger partial charge on any atom is -0.377 e. The molecule has 4 nitrogen and oxygen atoms in total. The van der Waals surface area contributed by atoms with Gasteiger partial charge in [0.15, 0.2) is 4.96 Å². The number of ether oxygens (including phenoxy) is 1. The molecule has 1 aliphatic carbocycles. The van der Waals surface area contributed by atoms with Gasteiger partial charge in [-0.1, -0.05) is 12.8 Å². The Labute approximate surface area is 124 Å². The number of fused-ring (bicyclic) bond motifs is 1. The minimum absolute atomic E-state index is 0.513. The van der Waals surface area contributed by atoms with E-state index in [0.717, 1.165) is 30.4 Å². The lowest BCUT2D eigenvalue weighted by Crippen LogP contribution is -2.22. The molecule has 1 N–H and O–H groups in total. The zero-order chi connectivity index (χ0) is 13.9. The van der Waals surface area contributed by atoms with E-state index in [1.54, 1.807) is 11.3 Å². The first-order valence-corrected chi connectivity index (χ1v) is 8.38. The van der Waals surface area contributed by atoms with Crippen molar-refractivity contribution in [1.82, 2.24) is 14.7 Å². The van der Waals surface area contributed by atoms with Crippen molar-refractivity contribution in [3.63, 3.8) is 0 Å². The van der Waals surface area contributed by atoms with Gasteiger partial charge in [0, 0.05) is 24.2 Å². The zero-order valence-electron chi connectivity index (χ0n) is 12.3. The maximum Gasteiger partial charge on any atom is 0.194 e. The van der Waals surface area contributed by atoms with E-state index < -0.39 is 0 Å². The van der Waals surface area contributed by atoms with Crippen molar-refractivity contribution < 1.29 is 4.74 Å². The summed E-state index contributed by atoms with van der Waals surface area (Å²) in [5.74, 6) is 0. The summed E-state index contributed by atoms with van der Waals surface area (Å²) in [6, 6.07) is 0. The molecule has 1 aliphatic rings. The van der Waals surface area contributed by atoms with E-state index >= 15 is 0 Å². The molecule has 20 heavy (non-hydrogen) atoms. The number of aryl methyl sites for hydroxylation is 2. The van der Waals surface area contributed by atoms with Crippen molar-refractivity contribution in [1.29, 1.82) is 0 Å². The van der Waals surface area contributed by atoms with E-state index in [0.29, 0.717) is 6.10 Å². The van der Waals surface area contributed by atoms with Crippen molar-refractivity contribution in [2.45, 2.75) is 52.2 Å². The number of nitrogens with one attached hydrogen (secondary N) is 1. The van der Waals surface area contributed by atoms with E-state index in [1.165, 1.54) is 37.1 Å². The molecule has 5 heteroatoms. The summed E-state index contributed by atoms with van der Waals surface area (Å²) in [7, 11) is 0. The van der Waals surface area contributed by atoms with Crippen LogP contribution in [-0.2, 0) is 11.3 Å². The number of hydrogen-bond donors (Lipinski definition) is 1. The fourth-order valence-electron chi connectivity index (χ4n) is 2.94. The van der Waals surface area contributed by atoms with E-state index in [1.807, 2.05) is 0 Å². The van der Waals surface area contributed by atoms with Crippen LogP contribution in [0.1, 0.15) is 42.8 Å². The highest BCUT2D eigenvalue weighted by Gasteiger charge is 2.15. The molecule has 0 radical (unpaired) electrons. The van der Waals surface area contributed by atoms with Crippen molar-refractivity contribution in [2.24, 2.45) is 0 Å². The van der Waals surface area contributed by atoms with Crippen molar-refractivity contribution in [2.75, 3.05) is 13.2 Å². The van der Waals surface area contributed by atoms with Gasteiger partial charge in [-0.3, -0.25) is 4.40 Å². The highest BCUT2D eigenvalue weighted by molar-refractivity contribution is 7.15. The number of thiazole rings is 1. The summed E-state index contributed by atoms with van der Waals surface area (Å²) < 4.78 is 8.12. The minimum atomic E-state index is 0.513. The summed E-state index contributed by atoms with van der Waals surface area (Å²) in [5.41, 5.74) is 3.67. The normalized spacial score (nSPS) is 16.5. The lowest BCUT2D eigenvalue weighted by Gasteiger charge is -2.11. The maximum atomic E-state index is 5.87. The molecular weight excluding hydrogens is 270 g/mol. The van der Waals surface area contributed by atoms with Gasteiger partial charge in [0.25, 0.3) is 0 Å². The fourth-order valence-corrected chi connectivity index (χ4v) is 3.87. The molecule has 0 atom stereocenters. The van der Waals surface area contributed by atoms with Crippen LogP contribution < -0.4 is 5.32 Å². The average Bonchev–Trinajstić information content (AvgIpc) is 3.11. The molecule has 1 fully saturated rings. The molecule has 0 aromatic carbocycles. The first-order chi connectivity index (χ1) is 9.75. The molecule has 2 aromatic rings. The van der Waals surface area contributed by atoms with E-state index in [-0.39, 0.29) is 0 Å². The van der Waals surface area contributed by atoms with E-state index in [9.17, 15) is 0 Å².